The molecule has 0 bridgehead atoms. The number of ether oxygens (including phenoxy) is 1. The number of hydrogen-bond donors (Lipinski definition) is 1. The van der Waals surface area contributed by atoms with Gasteiger partial charge in [-0.2, -0.15) is 0 Å². The molecule has 0 aromatic heterocycles. The van der Waals surface area contributed by atoms with Crippen LogP contribution in [-0.2, 0) is 0 Å². The molecule has 0 aliphatic carbocycles. The fraction of sp³-hybridized carbons (Fsp3) is 0.0952. The van der Waals surface area contributed by atoms with E-state index < -0.39 is 0 Å². The van der Waals surface area contributed by atoms with Gasteiger partial charge in [-0.15, -0.1) is 0 Å². The van der Waals surface area contributed by atoms with Gasteiger partial charge in [0, 0.05) is 15.4 Å². The van der Waals surface area contributed by atoms with Crippen molar-refractivity contribution in [2.75, 3.05) is 18.1 Å². The summed E-state index contributed by atoms with van der Waals surface area (Å²) in [6.07, 6.45) is 0.811. The number of nitrogens with zero attached hydrogens (tertiary/aromatic N) is 1. The Kier molecular flexibility index (Phi) is 4.54. The van der Waals surface area contributed by atoms with Gasteiger partial charge in [-0.25, -0.2) is 0 Å². The third-order valence-electron chi connectivity index (χ3n) is 4.22. The molecule has 3 aromatic carbocycles. The first-order valence-corrected chi connectivity index (χ1v) is 9.12. The van der Waals surface area contributed by atoms with Gasteiger partial charge < -0.3 is 14.7 Å². The largest absolute Gasteiger partial charge is 0.506 e. The van der Waals surface area contributed by atoms with E-state index in [9.17, 15) is 9.90 Å². The number of para-hydroxylation sites is 2. The Morgan fingerprint density at radius 3 is 2.54 bits per heavy atom. The van der Waals surface area contributed by atoms with Gasteiger partial charge >= 0.3 is 0 Å². The zero-order chi connectivity index (χ0) is 17.9. The summed E-state index contributed by atoms with van der Waals surface area (Å²) >= 11 is 1.66. The number of aromatic hydroxyl groups is 1. The lowest BCUT2D eigenvalue weighted by Crippen LogP contribution is -2.26. The van der Waals surface area contributed by atoms with Crippen molar-refractivity contribution in [2.24, 2.45) is 0 Å². The molecule has 1 aliphatic heterocycles. The molecule has 1 aliphatic rings. The topological polar surface area (TPSA) is 49.8 Å². The van der Waals surface area contributed by atoms with E-state index in [1.54, 1.807) is 42.1 Å². The predicted octanol–water partition coefficient (Wildman–Crippen LogP) is 4.89. The van der Waals surface area contributed by atoms with E-state index in [2.05, 4.69) is 17.0 Å². The average molecular weight is 363 g/mol. The van der Waals surface area contributed by atoms with E-state index in [-0.39, 0.29) is 5.75 Å². The van der Waals surface area contributed by atoms with Gasteiger partial charge in [0.25, 0.3) is 0 Å². The predicted molar refractivity (Wildman–Crippen MR) is 103 cm³/mol. The summed E-state index contributed by atoms with van der Waals surface area (Å²) in [5, 5.41) is 10.4. The molecule has 1 heterocycles. The lowest BCUT2D eigenvalue weighted by molar-refractivity contribution is 0.112. The highest BCUT2D eigenvalue weighted by Crippen LogP contribution is 2.51. The minimum absolute atomic E-state index is 0.264. The van der Waals surface area contributed by atoms with Crippen molar-refractivity contribution in [1.82, 2.24) is 0 Å². The van der Waals surface area contributed by atoms with Gasteiger partial charge in [-0.3, -0.25) is 4.79 Å². The number of phenolic OH excluding ortho intramolecular Hbond substituents is 1. The first-order chi connectivity index (χ1) is 12.8. The molecule has 0 amide bonds. The Morgan fingerprint density at radius 2 is 1.73 bits per heavy atom. The van der Waals surface area contributed by atoms with Gasteiger partial charge in [-0.05, 0) is 48.5 Å². The van der Waals surface area contributed by atoms with Crippen LogP contribution >= 0.6 is 11.8 Å². The quantitative estimate of drug-likeness (QED) is 0.654. The summed E-state index contributed by atoms with van der Waals surface area (Å²) in [6.45, 7) is 1.05. The van der Waals surface area contributed by atoms with Gasteiger partial charge in [0.1, 0.15) is 24.4 Å². The number of aldehydes is 1. The highest BCUT2D eigenvalue weighted by molar-refractivity contribution is 7.99. The highest BCUT2D eigenvalue weighted by atomic mass is 32.2. The SMILES string of the molecule is O=Cc1ccc(OCCN2c3ccccc3Sc3cccc(O)c32)cc1. The van der Waals surface area contributed by atoms with E-state index in [4.69, 9.17) is 4.74 Å². The van der Waals surface area contributed by atoms with Gasteiger partial charge in [-0.1, -0.05) is 30.0 Å². The normalized spacial score (nSPS) is 12.2. The minimum Gasteiger partial charge on any atom is -0.506 e. The fourth-order valence-electron chi connectivity index (χ4n) is 3.00. The first kappa shape index (κ1) is 16.5. The van der Waals surface area contributed by atoms with E-state index in [0.29, 0.717) is 24.5 Å². The highest BCUT2D eigenvalue weighted by Gasteiger charge is 2.25. The zero-order valence-electron chi connectivity index (χ0n) is 14.0. The van der Waals surface area contributed by atoms with Crippen molar-refractivity contribution < 1.29 is 14.6 Å². The van der Waals surface area contributed by atoms with Gasteiger partial charge in [0.2, 0.25) is 0 Å². The van der Waals surface area contributed by atoms with Crippen LogP contribution in [0, 0.1) is 0 Å². The fourth-order valence-corrected chi connectivity index (χ4v) is 4.12. The summed E-state index contributed by atoms with van der Waals surface area (Å²) in [6, 6.07) is 20.8. The van der Waals surface area contributed by atoms with Crippen LogP contribution in [0.15, 0.2) is 76.5 Å². The van der Waals surface area contributed by atoms with E-state index >= 15 is 0 Å². The summed E-state index contributed by atoms with van der Waals surface area (Å²) < 4.78 is 5.83. The molecule has 0 fully saturated rings. The number of carbonyl (C=O) groups excluding carboxylic acids is 1. The molecule has 0 atom stereocenters. The van der Waals surface area contributed by atoms with E-state index in [1.165, 1.54) is 0 Å². The molecule has 0 radical (unpaired) electrons. The maximum absolute atomic E-state index is 10.7. The number of hydrogen-bond acceptors (Lipinski definition) is 5. The minimum atomic E-state index is 0.264. The second kappa shape index (κ2) is 7.14. The molecule has 0 saturated carbocycles. The van der Waals surface area contributed by atoms with E-state index in [1.807, 2.05) is 24.3 Å². The van der Waals surface area contributed by atoms with Crippen molar-refractivity contribution in [3.63, 3.8) is 0 Å². The van der Waals surface area contributed by atoms with Crippen LogP contribution in [-0.4, -0.2) is 24.5 Å². The molecule has 0 spiro atoms. The monoisotopic (exact) mass is 363 g/mol. The third kappa shape index (κ3) is 3.13. The molecule has 5 heteroatoms. The number of anilines is 2. The average Bonchev–Trinajstić information content (AvgIpc) is 2.68. The maximum atomic E-state index is 10.7. The second-order valence-corrected chi connectivity index (χ2v) is 6.96. The molecular weight excluding hydrogens is 346 g/mol. The molecular formula is C21H17NO3S. The van der Waals surface area contributed by atoms with Gasteiger partial charge in [0.05, 0.1) is 17.9 Å². The van der Waals surface area contributed by atoms with Crippen molar-refractivity contribution in [3.05, 3.63) is 72.3 Å². The third-order valence-corrected chi connectivity index (χ3v) is 5.34. The number of phenols is 1. The summed E-state index contributed by atoms with van der Waals surface area (Å²) in [4.78, 5) is 15.0. The first-order valence-electron chi connectivity index (χ1n) is 8.31. The zero-order valence-corrected chi connectivity index (χ0v) is 14.8. The Balaban J connectivity index is 1.56. The molecule has 26 heavy (non-hydrogen) atoms. The standard InChI is InChI=1S/C21H17NO3S/c23-14-15-8-10-16(11-9-15)25-13-12-22-17-4-1-2-6-19(17)26-20-7-3-5-18(24)21(20)22/h1-11,14,24H,12-13H2. The molecule has 4 nitrogen and oxygen atoms in total. The maximum Gasteiger partial charge on any atom is 0.150 e. The smallest absolute Gasteiger partial charge is 0.150 e. The van der Waals surface area contributed by atoms with Crippen LogP contribution in [0.3, 0.4) is 0 Å². The van der Waals surface area contributed by atoms with E-state index in [0.717, 1.165) is 27.5 Å². The van der Waals surface area contributed by atoms with Crippen molar-refractivity contribution in [2.45, 2.75) is 9.79 Å². The molecule has 0 unspecified atom stereocenters. The number of carbonyl (C=O) groups is 1. The summed E-state index contributed by atoms with van der Waals surface area (Å²) in [5.74, 6) is 0.979. The van der Waals surface area contributed by atoms with Gasteiger partial charge in [0.15, 0.2) is 0 Å². The van der Waals surface area contributed by atoms with Crippen LogP contribution < -0.4 is 9.64 Å². The lowest BCUT2D eigenvalue weighted by atomic mass is 10.2. The van der Waals surface area contributed by atoms with Crippen LogP contribution in [0.2, 0.25) is 0 Å². The molecule has 1 N–H and O–H groups in total. The number of benzene rings is 3. The van der Waals surface area contributed by atoms with Crippen LogP contribution in [0.1, 0.15) is 10.4 Å². The lowest BCUT2D eigenvalue weighted by Gasteiger charge is -2.33. The summed E-state index contributed by atoms with van der Waals surface area (Å²) in [7, 11) is 0. The van der Waals surface area contributed by atoms with Crippen molar-refractivity contribution in [1.29, 1.82) is 0 Å². The second-order valence-electron chi connectivity index (χ2n) is 5.88. The Morgan fingerprint density at radius 1 is 0.962 bits per heavy atom. The Bertz CT molecular complexity index is 940. The van der Waals surface area contributed by atoms with Crippen LogP contribution in [0.4, 0.5) is 11.4 Å². The Hall–Kier alpha value is -2.92. The molecule has 0 saturated heterocycles. The molecule has 4 rings (SSSR count). The Labute approximate surface area is 156 Å². The van der Waals surface area contributed by atoms with Crippen molar-refractivity contribution >= 4 is 29.4 Å². The van der Waals surface area contributed by atoms with Crippen LogP contribution in [0.5, 0.6) is 11.5 Å². The number of rotatable bonds is 5. The molecule has 3 aromatic rings. The van der Waals surface area contributed by atoms with Crippen LogP contribution in [0.25, 0.3) is 0 Å². The van der Waals surface area contributed by atoms with Crippen molar-refractivity contribution in [3.8, 4) is 11.5 Å². The molecule has 130 valence electrons. The summed E-state index contributed by atoms with van der Waals surface area (Å²) in [5.41, 5.74) is 2.50. The number of fused-ring (bicyclic) bond motifs is 2.